The molecule has 12 nitrogen and oxygen atoms in total. The number of rotatable bonds is 10. The summed E-state index contributed by atoms with van der Waals surface area (Å²) < 4.78 is 61.8. The highest BCUT2D eigenvalue weighted by atomic mass is 32.2. The van der Waals surface area contributed by atoms with Crippen LogP contribution in [0.25, 0.3) is 21.5 Å². The molecule has 1 aliphatic rings. The van der Waals surface area contributed by atoms with Crippen LogP contribution in [0.4, 0.5) is 5.82 Å². The molecule has 0 saturated carbocycles. The summed E-state index contributed by atoms with van der Waals surface area (Å²) in [5.41, 5.74) is 0.616. The minimum Gasteiger partial charge on any atom is -0.379 e. The average Bonchev–Trinajstić information content (AvgIpc) is 3.17. The Morgan fingerprint density at radius 3 is 2.00 bits per heavy atom. The van der Waals surface area contributed by atoms with Crippen LogP contribution < -0.4 is 9.08 Å². The second kappa shape index (κ2) is 14.1. The van der Waals surface area contributed by atoms with Gasteiger partial charge in [0, 0.05) is 85.8 Å². The summed E-state index contributed by atoms with van der Waals surface area (Å²) in [4.78, 5) is 30.8. The zero-order chi connectivity index (χ0) is 35.6. The predicted octanol–water partition coefficient (Wildman–Crippen LogP) is 4.53. The number of piperazine rings is 1. The van der Waals surface area contributed by atoms with E-state index >= 15 is 0 Å². The van der Waals surface area contributed by atoms with Crippen LogP contribution in [0.2, 0.25) is 0 Å². The summed E-state index contributed by atoms with van der Waals surface area (Å²) in [6.45, 7) is 1.84. The average molecular weight is 723 g/mol. The largest absolute Gasteiger partial charge is 0.379 e. The van der Waals surface area contributed by atoms with E-state index in [1.54, 1.807) is 72.0 Å². The number of aromatic nitrogens is 3. The third-order valence-electron chi connectivity index (χ3n) is 9.05. The van der Waals surface area contributed by atoms with E-state index < -0.39 is 26.2 Å². The van der Waals surface area contributed by atoms with Gasteiger partial charge in [-0.25, -0.2) is 13.4 Å². The number of carbonyl (C=O) groups excluding carboxylic acids is 1. The monoisotopic (exact) mass is 722 g/mol. The Balaban J connectivity index is 1.16. The fraction of sp³-hybridized carbons (Fsp3) is 0.189. The number of benzene rings is 3. The van der Waals surface area contributed by atoms with E-state index in [0.29, 0.717) is 53.3 Å². The maximum atomic E-state index is 14.3. The fourth-order valence-electron chi connectivity index (χ4n) is 6.31. The first-order valence-electron chi connectivity index (χ1n) is 16.2. The van der Waals surface area contributed by atoms with Crippen molar-refractivity contribution in [1.29, 1.82) is 0 Å². The van der Waals surface area contributed by atoms with Crippen molar-refractivity contribution < 1.29 is 25.8 Å². The Hall–Kier alpha value is -5.44. The van der Waals surface area contributed by atoms with E-state index in [0.717, 1.165) is 10.1 Å². The van der Waals surface area contributed by atoms with Crippen molar-refractivity contribution in [3.63, 3.8) is 0 Å². The molecule has 1 aliphatic heterocycles. The zero-order valence-electron chi connectivity index (χ0n) is 27.6. The van der Waals surface area contributed by atoms with Gasteiger partial charge in [-0.3, -0.25) is 14.8 Å². The molecular weight excluding hydrogens is 689 g/mol. The van der Waals surface area contributed by atoms with Crippen molar-refractivity contribution in [3.8, 4) is 5.75 Å². The molecule has 3 aromatic heterocycles. The summed E-state index contributed by atoms with van der Waals surface area (Å²) in [6.07, 6.45) is 7.98. The van der Waals surface area contributed by atoms with Crippen molar-refractivity contribution in [2.45, 2.75) is 22.3 Å². The molecule has 3 aromatic carbocycles. The van der Waals surface area contributed by atoms with Crippen molar-refractivity contribution in [3.05, 3.63) is 128 Å². The van der Waals surface area contributed by atoms with Crippen molar-refractivity contribution in [2.75, 3.05) is 38.1 Å². The maximum absolute atomic E-state index is 14.3. The number of pyridine rings is 3. The second-order valence-electron chi connectivity index (χ2n) is 12.1. The Kier molecular flexibility index (Phi) is 9.38. The molecule has 0 spiro atoms. The number of sulfonamides is 1. The van der Waals surface area contributed by atoms with Crippen LogP contribution in [0.3, 0.4) is 0 Å². The molecule has 0 aliphatic carbocycles. The number of carbonyl (C=O) groups is 1. The minimum atomic E-state index is -4.20. The van der Waals surface area contributed by atoms with Crippen LogP contribution >= 0.6 is 0 Å². The molecular formula is C37H34N6O6S2. The fourth-order valence-corrected chi connectivity index (χ4v) is 8.99. The van der Waals surface area contributed by atoms with Gasteiger partial charge >= 0.3 is 10.1 Å². The SMILES string of the molecule is CN([C@@H](Cc1ccc(OS(=O)(=O)c2cccc3cnccc23)cc1)C(=O)N1CCN(c2ccccn2)CC1)S(=O)(=O)c1cccc2cnccc12. The van der Waals surface area contributed by atoms with Crippen molar-refractivity contribution in [1.82, 2.24) is 24.2 Å². The van der Waals surface area contributed by atoms with Crippen LogP contribution in [0, 0.1) is 0 Å². The molecule has 7 rings (SSSR count). The molecule has 1 fully saturated rings. The first-order valence-corrected chi connectivity index (χ1v) is 19.1. The smallest absolute Gasteiger partial charge is 0.339 e. The van der Waals surface area contributed by atoms with E-state index in [2.05, 4.69) is 19.9 Å². The van der Waals surface area contributed by atoms with Gasteiger partial charge in [0.15, 0.2) is 0 Å². The van der Waals surface area contributed by atoms with Gasteiger partial charge in [0.25, 0.3) is 0 Å². The predicted molar refractivity (Wildman–Crippen MR) is 193 cm³/mol. The first-order chi connectivity index (χ1) is 24.6. The first kappa shape index (κ1) is 34.0. The molecule has 0 bridgehead atoms. The van der Waals surface area contributed by atoms with E-state index in [-0.39, 0.29) is 27.9 Å². The normalized spacial score (nSPS) is 14.5. The molecule has 0 radical (unpaired) electrons. The molecule has 0 unspecified atom stereocenters. The standard InChI is InChI=1S/C37H34N6O6S2/c1-41(50(45,46)34-8-4-6-28-25-38-18-15-31(28)34)33(37(44)43-22-20-42(21-23-43)36-10-2-3-17-40-36)24-27-11-13-30(14-12-27)49-51(47,48)35-9-5-7-29-26-39-19-16-32(29)35/h2-19,25-26,33H,20-24H2,1H3/t33-/m0/s1. The Bertz CT molecular complexity index is 2410. The maximum Gasteiger partial charge on any atom is 0.339 e. The third-order valence-corrected chi connectivity index (χ3v) is 12.3. The van der Waals surface area contributed by atoms with Gasteiger partial charge in [0.05, 0.1) is 4.90 Å². The lowest BCUT2D eigenvalue weighted by Crippen LogP contribution is -2.56. The highest BCUT2D eigenvalue weighted by Gasteiger charge is 2.37. The number of hydrogen-bond acceptors (Lipinski definition) is 10. The summed E-state index contributed by atoms with van der Waals surface area (Å²) in [5.74, 6) is 0.550. The third kappa shape index (κ3) is 6.98. The zero-order valence-corrected chi connectivity index (χ0v) is 29.2. The van der Waals surface area contributed by atoms with Gasteiger partial charge in [-0.2, -0.15) is 12.7 Å². The minimum absolute atomic E-state index is 0.0105. The van der Waals surface area contributed by atoms with Crippen molar-refractivity contribution in [2.24, 2.45) is 0 Å². The molecule has 260 valence electrons. The number of hydrogen-bond donors (Lipinski definition) is 0. The van der Waals surface area contributed by atoms with E-state index in [9.17, 15) is 21.6 Å². The molecule has 1 amide bonds. The lowest BCUT2D eigenvalue weighted by Gasteiger charge is -2.38. The van der Waals surface area contributed by atoms with Gasteiger partial charge in [0.2, 0.25) is 15.9 Å². The summed E-state index contributed by atoms with van der Waals surface area (Å²) in [5, 5.41) is 2.30. The molecule has 51 heavy (non-hydrogen) atoms. The molecule has 14 heteroatoms. The number of likely N-dealkylation sites (N-methyl/N-ethyl adjacent to an activating group) is 1. The molecule has 0 N–H and O–H groups in total. The second-order valence-corrected chi connectivity index (χ2v) is 15.6. The Morgan fingerprint density at radius 2 is 1.37 bits per heavy atom. The summed E-state index contributed by atoms with van der Waals surface area (Å²) in [7, 11) is -6.95. The molecule has 1 saturated heterocycles. The highest BCUT2D eigenvalue weighted by molar-refractivity contribution is 7.89. The summed E-state index contributed by atoms with van der Waals surface area (Å²) >= 11 is 0. The number of anilines is 1. The molecule has 1 atom stereocenters. The summed E-state index contributed by atoms with van der Waals surface area (Å²) in [6, 6.07) is 23.9. The van der Waals surface area contributed by atoms with Crippen LogP contribution in [-0.4, -0.2) is 86.2 Å². The van der Waals surface area contributed by atoms with E-state index in [1.807, 2.05) is 18.2 Å². The van der Waals surface area contributed by atoms with Gasteiger partial charge in [-0.05, 0) is 60.5 Å². The number of fused-ring (bicyclic) bond motifs is 2. The topological polar surface area (TPSA) is 143 Å². The lowest BCUT2D eigenvalue weighted by atomic mass is 10.0. The van der Waals surface area contributed by atoms with Gasteiger partial charge in [-0.15, -0.1) is 0 Å². The van der Waals surface area contributed by atoms with Gasteiger partial charge in [-0.1, -0.05) is 42.5 Å². The Labute approximate surface area is 296 Å². The van der Waals surface area contributed by atoms with E-state index in [4.69, 9.17) is 4.18 Å². The highest BCUT2D eigenvalue weighted by Crippen LogP contribution is 2.29. The lowest BCUT2D eigenvalue weighted by molar-refractivity contribution is -0.135. The van der Waals surface area contributed by atoms with Crippen LogP contribution in [0.1, 0.15) is 5.56 Å². The van der Waals surface area contributed by atoms with E-state index in [1.165, 1.54) is 43.7 Å². The molecule has 4 heterocycles. The number of amides is 1. The van der Waals surface area contributed by atoms with Gasteiger partial charge < -0.3 is 14.0 Å². The Morgan fingerprint density at radius 1 is 0.745 bits per heavy atom. The number of nitrogens with zero attached hydrogens (tertiary/aromatic N) is 6. The van der Waals surface area contributed by atoms with Crippen LogP contribution in [-0.2, 0) is 31.4 Å². The molecule has 6 aromatic rings. The van der Waals surface area contributed by atoms with Gasteiger partial charge in [0.1, 0.15) is 22.5 Å². The quantitative estimate of drug-likeness (QED) is 0.185. The van der Waals surface area contributed by atoms with Crippen molar-refractivity contribution >= 4 is 53.4 Å². The van der Waals surface area contributed by atoms with Crippen LogP contribution in [0.5, 0.6) is 5.75 Å². The van der Waals surface area contributed by atoms with Crippen LogP contribution in [0.15, 0.2) is 132 Å².